The number of benzene rings is 1. The number of halogens is 2. The Kier molecular flexibility index (Phi) is 3.36. The van der Waals surface area contributed by atoms with Gasteiger partial charge in [-0.3, -0.25) is 4.79 Å². The van der Waals surface area contributed by atoms with Crippen LogP contribution in [-0.2, 0) is 11.2 Å². The minimum atomic E-state index is -2.41. The van der Waals surface area contributed by atoms with E-state index in [0.29, 0.717) is 29.9 Å². The number of nitrogens with zero attached hydrogens (tertiary/aromatic N) is 1. The second kappa shape index (κ2) is 4.80. The van der Waals surface area contributed by atoms with E-state index in [1.165, 1.54) is 4.90 Å². The maximum Gasteiger partial charge on any atom is 0.255 e. The standard InChI is InChI=1S/C12H15F2N3O/c1-17(6-11(13)14)10-4-7-2-3-12(18)16-9(7)5-8(10)15/h4-5,11H,2-3,6,15H2,1H3,(H,16,18). The van der Waals surface area contributed by atoms with Gasteiger partial charge in [-0.05, 0) is 24.1 Å². The Bertz CT molecular complexity index is 477. The Morgan fingerprint density at radius 3 is 2.83 bits per heavy atom. The van der Waals surface area contributed by atoms with Crippen LogP contribution in [0.15, 0.2) is 12.1 Å². The third-order valence-corrected chi connectivity index (χ3v) is 2.97. The number of nitrogen functional groups attached to an aromatic ring is 1. The second-order valence-electron chi connectivity index (χ2n) is 4.39. The minimum Gasteiger partial charge on any atom is -0.397 e. The van der Waals surface area contributed by atoms with Gasteiger partial charge < -0.3 is 16.0 Å². The van der Waals surface area contributed by atoms with Crippen LogP contribution >= 0.6 is 0 Å². The Morgan fingerprint density at radius 1 is 1.44 bits per heavy atom. The van der Waals surface area contributed by atoms with Crippen molar-refractivity contribution >= 4 is 23.0 Å². The smallest absolute Gasteiger partial charge is 0.255 e. The molecule has 0 aliphatic carbocycles. The third kappa shape index (κ3) is 2.52. The van der Waals surface area contributed by atoms with E-state index < -0.39 is 6.43 Å². The maximum absolute atomic E-state index is 12.4. The molecule has 0 atom stereocenters. The molecule has 0 spiro atoms. The van der Waals surface area contributed by atoms with Crippen LogP contribution in [0, 0.1) is 0 Å². The number of nitrogens with one attached hydrogen (secondary N) is 1. The molecule has 0 fully saturated rings. The summed E-state index contributed by atoms with van der Waals surface area (Å²) in [6, 6.07) is 3.40. The lowest BCUT2D eigenvalue weighted by Gasteiger charge is -2.24. The molecule has 0 aromatic heterocycles. The predicted octanol–water partition coefficient (Wildman–Crippen LogP) is 1.85. The number of carbonyl (C=O) groups is 1. The van der Waals surface area contributed by atoms with Crippen molar-refractivity contribution in [1.82, 2.24) is 0 Å². The number of fused-ring (bicyclic) bond motifs is 1. The molecule has 1 heterocycles. The van der Waals surface area contributed by atoms with Crippen molar-refractivity contribution < 1.29 is 13.6 Å². The number of amides is 1. The molecule has 1 aromatic carbocycles. The van der Waals surface area contributed by atoms with Crippen molar-refractivity contribution in [3.63, 3.8) is 0 Å². The Hall–Kier alpha value is -1.85. The number of alkyl halides is 2. The highest BCUT2D eigenvalue weighted by molar-refractivity contribution is 5.95. The van der Waals surface area contributed by atoms with Gasteiger partial charge >= 0.3 is 0 Å². The van der Waals surface area contributed by atoms with Gasteiger partial charge in [0.2, 0.25) is 5.91 Å². The van der Waals surface area contributed by atoms with E-state index in [2.05, 4.69) is 5.32 Å². The molecule has 18 heavy (non-hydrogen) atoms. The summed E-state index contributed by atoms with van der Waals surface area (Å²) >= 11 is 0. The molecule has 98 valence electrons. The van der Waals surface area contributed by atoms with Gasteiger partial charge in [0.1, 0.15) is 0 Å². The van der Waals surface area contributed by atoms with E-state index in [1.807, 2.05) is 0 Å². The number of anilines is 3. The molecule has 1 amide bonds. The van der Waals surface area contributed by atoms with E-state index in [1.54, 1.807) is 19.2 Å². The summed E-state index contributed by atoms with van der Waals surface area (Å²) in [5.74, 6) is -0.0458. The number of rotatable bonds is 3. The van der Waals surface area contributed by atoms with Gasteiger partial charge in [-0.2, -0.15) is 0 Å². The first-order chi connectivity index (χ1) is 8.47. The van der Waals surface area contributed by atoms with Crippen molar-refractivity contribution in [3.8, 4) is 0 Å². The predicted molar refractivity (Wildman–Crippen MR) is 67.1 cm³/mol. The van der Waals surface area contributed by atoms with Crippen LogP contribution < -0.4 is 16.0 Å². The van der Waals surface area contributed by atoms with Gasteiger partial charge in [0.25, 0.3) is 6.43 Å². The molecule has 1 aromatic rings. The average molecular weight is 255 g/mol. The van der Waals surface area contributed by atoms with Crippen molar-refractivity contribution in [2.24, 2.45) is 0 Å². The van der Waals surface area contributed by atoms with E-state index in [0.717, 1.165) is 5.56 Å². The largest absolute Gasteiger partial charge is 0.397 e. The SMILES string of the molecule is CN(CC(F)F)c1cc2c(cc1N)NC(=O)CC2. The number of hydrogen-bond acceptors (Lipinski definition) is 3. The summed E-state index contributed by atoms with van der Waals surface area (Å²) in [6.45, 7) is -0.366. The fraction of sp³-hybridized carbons (Fsp3) is 0.417. The van der Waals surface area contributed by atoms with Crippen LogP contribution in [0.25, 0.3) is 0 Å². The van der Waals surface area contributed by atoms with Crippen LogP contribution in [0.2, 0.25) is 0 Å². The number of nitrogens with two attached hydrogens (primary N) is 1. The highest BCUT2D eigenvalue weighted by Crippen LogP contribution is 2.32. The second-order valence-corrected chi connectivity index (χ2v) is 4.39. The maximum atomic E-state index is 12.4. The molecule has 4 nitrogen and oxygen atoms in total. The molecule has 1 aliphatic rings. The lowest BCUT2D eigenvalue weighted by atomic mass is 10.0. The summed E-state index contributed by atoms with van der Waals surface area (Å²) in [6.07, 6.45) is -1.39. The number of aryl methyl sites for hydroxylation is 1. The lowest BCUT2D eigenvalue weighted by Crippen LogP contribution is -2.26. The fourth-order valence-corrected chi connectivity index (χ4v) is 2.07. The highest BCUT2D eigenvalue weighted by Gasteiger charge is 2.19. The van der Waals surface area contributed by atoms with E-state index in [-0.39, 0.29) is 12.5 Å². The molecule has 0 saturated carbocycles. The molecule has 0 bridgehead atoms. The van der Waals surface area contributed by atoms with Crippen LogP contribution in [-0.4, -0.2) is 25.9 Å². The summed E-state index contributed by atoms with van der Waals surface area (Å²) in [5, 5.41) is 2.72. The molecular formula is C12H15F2N3O. The zero-order valence-corrected chi connectivity index (χ0v) is 10.0. The fourth-order valence-electron chi connectivity index (χ4n) is 2.07. The molecule has 6 heteroatoms. The summed E-state index contributed by atoms with van der Waals surface area (Å²) in [5.41, 5.74) is 8.40. The zero-order chi connectivity index (χ0) is 13.3. The zero-order valence-electron chi connectivity index (χ0n) is 10.0. The quantitative estimate of drug-likeness (QED) is 0.810. The van der Waals surface area contributed by atoms with Crippen LogP contribution in [0.4, 0.5) is 25.8 Å². The molecule has 2 rings (SSSR count). The molecule has 1 aliphatic heterocycles. The third-order valence-electron chi connectivity index (χ3n) is 2.97. The normalized spacial score (nSPS) is 14.3. The van der Waals surface area contributed by atoms with Crippen LogP contribution in [0.1, 0.15) is 12.0 Å². The molecule has 0 radical (unpaired) electrons. The van der Waals surface area contributed by atoms with Crippen molar-refractivity contribution in [1.29, 1.82) is 0 Å². The number of hydrogen-bond donors (Lipinski definition) is 2. The van der Waals surface area contributed by atoms with Gasteiger partial charge in [-0.15, -0.1) is 0 Å². The van der Waals surface area contributed by atoms with Crippen molar-refractivity contribution in [2.45, 2.75) is 19.3 Å². The van der Waals surface area contributed by atoms with Crippen molar-refractivity contribution in [2.75, 3.05) is 29.5 Å². The number of carbonyl (C=O) groups excluding carboxylic acids is 1. The van der Waals surface area contributed by atoms with Gasteiger partial charge in [-0.25, -0.2) is 8.78 Å². The first-order valence-electron chi connectivity index (χ1n) is 5.69. The molecule has 0 saturated heterocycles. The van der Waals surface area contributed by atoms with Gasteiger partial charge in [0.15, 0.2) is 0 Å². The van der Waals surface area contributed by atoms with Gasteiger partial charge in [-0.1, -0.05) is 0 Å². The first-order valence-corrected chi connectivity index (χ1v) is 5.69. The highest BCUT2D eigenvalue weighted by atomic mass is 19.3. The summed E-state index contributed by atoms with van der Waals surface area (Å²) in [4.78, 5) is 12.7. The summed E-state index contributed by atoms with van der Waals surface area (Å²) in [7, 11) is 1.58. The van der Waals surface area contributed by atoms with Gasteiger partial charge in [0, 0.05) is 19.2 Å². The lowest BCUT2D eigenvalue weighted by molar-refractivity contribution is -0.116. The van der Waals surface area contributed by atoms with E-state index in [9.17, 15) is 13.6 Å². The monoisotopic (exact) mass is 255 g/mol. The van der Waals surface area contributed by atoms with E-state index >= 15 is 0 Å². The average Bonchev–Trinajstić information content (AvgIpc) is 2.26. The van der Waals surface area contributed by atoms with E-state index in [4.69, 9.17) is 5.73 Å². The molecule has 3 N–H and O–H groups in total. The van der Waals surface area contributed by atoms with Crippen LogP contribution in [0.3, 0.4) is 0 Å². The minimum absolute atomic E-state index is 0.0458. The molecule has 0 unspecified atom stereocenters. The first kappa shape index (κ1) is 12.6. The topological polar surface area (TPSA) is 58.4 Å². The molecular weight excluding hydrogens is 240 g/mol. The Labute approximate surface area is 104 Å². The summed E-state index contributed by atoms with van der Waals surface area (Å²) < 4.78 is 24.7. The Balaban J connectivity index is 2.30. The van der Waals surface area contributed by atoms with Gasteiger partial charge in [0.05, 0.1) is 17.9 Å². The Morgan fingerprint density at radius 2 is 2.17 bits per heavy atom. The van der Waals surface area contributed by atoms with Crippen LogP contribution in [0.5, 0.6) is 0 Å². The van der Waals surface area contributed by atoms with Crippen molar-refractivity contribution in [3.05, 3.63) is 17.7 Å².